The van der Waals surface area contributed by atoms with Crippen molar-refractivity contribution in [1.82, 2.24) is 0 Å². The summed E-state index contributed by atoms with van der Waals surface area (Å²) in [6.45, 7) is 0. The molecule has 2 unspecified atom stereocenters. The van der Waals surface area contributed by atoms with Gasteiger partial charge in [0.2, 0.25) is 0 Å². The highest BCUT2D eigenvalue weighted by molar-refractivity contribution is 5.72. The zero-order valence-electron chi connectivity index (χ0n) is 7.19. The Morgan fingerprint density at radius 1 is 1.67 bits per heavy atom. The molecule has 0 aromatic carbocycles. The van der Waals surface area contributed by atoms with Crippen molar-refractivity contribution in [3.8, 4) is 0 Å². The molecule has 3 nitrogen and oxygen atoms in total. The lowest BCUT2D eigenvalue weighted by molar-refractivity contribution is -0.152. The second kappa shape index (κ2) is 4.26. The summed E-state index contributed by atoms with van der Waals surface area (Å²) >= 11 is 0. The maximum absolute atomic E-state index is 10.7. The predicted molar refractivity (Wildman–Crippen MR) is 44.9 cm³/mol. The Bertz CT molecular complexity index is 186. The van der Waals surface area contributed by atoms with Crippen LogP contribution in [0.25, 0.3) is 0 Å². The Labute approximate surface area is 72.0 Å². The van der Waals surface area contributed by atoms with E-state index in [0.29, 0.717) is 0 Å². The van der Waals surface area contributed by atoms with Crippen LogP contribution >= 0.6 is 0 Å². The number of methoxy groups -OCH3 is 1. The lowest BCUT2D eigenvalue weighted by atomic mass is 9.89. The first-order chi connectivity index (χ1) is 5.75. The molecule has 0 radical (unpaired) electrons. The van der Waals surface area contributed by atoms with Crippen molar-refractivity contribution in [1.29, 1.82) is 0 Å². The number of aliphatic carboxylic acids is 1. The number of carbonyl (C=O) groups is 1. The van der Waals surface area contributed by atoms with Crippen molar-refractivity contribution < 1.29 is 14.6 Å². The van der Waals surface area contributed by atoms with Crippen molar-refractivity contribution in [2.45, 2.75) is 25.4 Å². The summed E-state index contributed by atoms with van der Waals surface area (Å²) in [5.41, 5.74) is 0. The van der Waals surface area contributed by atoms with E-state index in [4.69, 9.17) is 9.84 Å². The van der Waals surface area contributed by atoms with Gasteiger partial charge in [-0.1, -0.05) is 12.2 Å². The highest BCUT2D eigenvalue weighted by Crippen LogP contribution is 2.23. The van der Waals surface area contributed by atoms with Gasteiger partial charge in [-0.15, -0.1) is 0 Å². The number of hydrogen-bond donors (Lipinski definition) is 1. The summed E-state index contributed by atoms with van der Waals surface area (Å²) in [5.74, 6) is -0.699. The Kier molecular flexibility index (Phi) is 3.29. The molecule has 68 valence electrons. The van der Waals surface area contributed by atoms with E-state index in [9.17, 15) is 4.79 Å². The summed E-state index contributed by atoms with van der Waals surface area (Å²) in [4.78, 5) is 10.7. The van der Waals surface area contributed by atoms with Crippen LogP contribution in [-0.4, -0.2) is 24.3 Å². The van der Waals surface area contributed by atoms with Crippen LogP contribution in [0.4, 0.5) is 0 Å². The monoisotopic (exact) mass is 170 g/mol. The summed E-state index contributed by atoms with van der Waals surface area (Å²) < 4.78 is 4.92. The van der Waals surface area contributed by atoms with Crippen molar-refractivity contribution in [3.05, 3.63) is 12.2 Å². The Balaban J connectivity index is 2.53. The van der Waals surface area contributed by atoms with E-state index >= 15 is 0 Å². The number of allylic oxidation sites excluding steroid dienone is 2. The molecular formula is C9H14O3. The van der Waals surface area contributed by atoms with Gasteiger partial charge in [0.05, 0.1) is 0 Å². The molecule has 0 saturated heterocycles. The standard InChI is InChI=1S/C9H14O3/c1-12-8(9(10)11)7-5-3-2-4-6-7/h2-3,7-8H,4-6H2,1H3,(H,10,11). The second-order valence-electron chi connectivity index (χ2n) is 3.04. The maximum Gasteiger partial charge on any atom is 0.333 e. The molecule has 1 aliphatic rings. The second-order valence-corrected chi connectivity index (χ2v) is 3.04. The van der Waals surface area contributed by atoms with Gasteiger partial charge >= 0.3 is 5.97 Å². The fourth-order valence-corrected chi connectivity index (χ4v) is 1.59. The van der Waals surface area contributed by atoms with Crippen LogP contribution < -0.4 is 0 Å². The molecule has 0 aliphatic heterocycles. The van der Waals surface area contributed by atoms with Crippen LogP contribution in [0.2, 0.25) is 0 Å². The smallest absolute Gasteiger partial charge is 0.333 e. The number of ether oxygens (including phenoxy) is 1. The third kappa shape index (κ3) is 2.08. The van der Waals surface area contributed by atoms with Crippen molar-refractivity contribution >= 4 is 5.97 Å². The van der Waals surface area contributed by atoms with Crippen molar-refractivity contribution in [2.75, 3.05) is 7.11 Å². The first-order valence-electron chi connectivity index (χ1n) is 4.16. The molecule has 0 spiro atoms. The molecule has 0 saturated carbocycles. The molecular weight excluding hydrogens is 156 g/mol. The zero-order chi connectivity index (χ0) is 8.97. The molecule has 1 aliphatic carbocycles. The maximum atomic E-state index is 10.7. The minimum absolute atomic E-state index is 0.150. The van der Waals surface area contributed by atoms with E-state index in [-0.39, 0.29) is 5.92 Å². The summed E-state index contributed by atoms with van der Waals surface area (Å²) in [5, 5.41) is 8.78. The van der Waals surface area contributed by atoms with E-state index in [2.05, 4.69) is 6.08 Å². The molecule has 0 aromatic heterocycles. The average Bonchev–Trinajstić information content (AvgIpc) is 2.07. The molecule has 0 bridgehead atoms. The number of hydrogen-bond acceptors (Lipinski definition) is 2. The van der Waals surface area contributed by atoms with Gasteiger partial charge in [-0.2, -0.15) is 0 Å². The Morgan fingerprint density at radius 3 is 2.83 bits per heavy atom. The normalized spacial score (nSPS) is 25.2. The Hall–Kier alpha value is -0.830. The van der Waals surface area contributed by atoms with Crippen LogP contribution in [0, 0.1) is 5.92 Å². The number of carboxylic acid groups (broad SMARTS) is 1. The molecule has 0 fully saturated rings. The van der Waals surface area contributed by atoms with Gasteiger partial charge < -0.3 is 9.84 Å². The van der Waals surface area contributed by atoms with Gasteiger partial charge in [0.15, 0.2) is 6.10 Å². The van der Waals surface area contributed by atoms with Crippen LogP contribution in [0.1, 0.15) is 19.3 Å². The van der Waals surface area contributed by atoms with E-state index in [1.54, 1.807) is 0 Å². The quantitative estimate of drug-likeness (QED) is 0.652. The molecule has 2 atom stereocenters. The third-order valence-electron chi connectivity index (χ3n) is 2.24. The van der Waals surface area contributed by atoms with Gasteiger partial charge in [0, 0.05) is 7.11 Å². The third-order valence-corrected chi connectivity index (χ3v) is 2.24. The molecule has 3 heteroatoms. The van der Waals surface area contributed by atoms with Gasteiger partial charge in [-0.05, 0) is 25.2 Å². The van der Waals surface area contributed by atoms with Crippen molar-refractivity contribution in [3.63, 3.8) is 0 Å². The topological polar surface area (TPSA) is 46.5 Å². The van der Waals surface area contributed by atoms with Crippen LogP contribution in [-0.2, 0) is 9.53 Å². The van der Waals surface area contributed by atoms with E-state index in [0.717, 1.165) is 19.3 Å². The Morgan fingerprint density at radius 2 is 2.42 bits per heavy atom. The number of rotatable bonds is 3. The molecule has 12 heavy (non-hydrogen) atoms. The van der Waals surface area contributed by atoms with Crippen LogP contribution in [0.5, 0.6) is 0 Å². The largest absolute Gasteiger partial charge is 0.479 e. The summed E-state index contributed by atoms with van der Waals surface area (Å²) in [6.07, 6.45) is 6.20. The summed E-state index contributed by atoms with van der Waals surface area (Å²) in [7, 11) is 1.46. The van der Waals surface area contributed by atoms with Gasteiger partial charge in [-0.3, -0.25) is 0 Å². The fourth-order valence-electron chi connectivity index (χ4n) is 1.59. The number of carboxylic acids is 1. The van der Waals surface area contributed by atoms with Gasteiger partial charge in [0.25, 0.3) is 0 Å². The lowest BCUT2D eigenvalue weighted by Gasteiger charge is -2.23. The van der Waals surface area contributed by atoms with Gasteiger partial charge in [-0.25, -0.2) is 4.79 Å². The molecule has 1 N–H and O–H groups in total. The zero-order valence-corrected chi connectivity index (χ0v) is 7.19. The first-order valence-corrected chi connectivity index (χ1v) is 4.16. The van der Waals surface area contributed by atoms with Crippen LogP contribution in [0.15, 0.2) is 12.2 Å². The minimum atomic E-state index is -0.849. The molecule has 0 heterocycles. The molecule has 0 aromatic rings. The average molecular weight is 170 g/mol. The first kappa shape index (κ1) is 9.26. The van der Waals surface area contributed by atoms with Crippen LogP contribution in [0.3, 0.4) is 0 Å². The van der Waals surface area contributed by atoms with E-state index < -0.39 is 12.1 Å². The minimum Gasteiger partial charge on any atom is -0.479 e. The van der Waals surface area contributed by atoms with Crippen molar-refractivity contribution in [2.24, 2.45) is 5.92 Å². The fraction of sp³-hybridized carbons (Fsp3) is 0.667. The van der Waals surface area contributed by atoms with Gasteiger partial charge in [0.1, 0.15) is 0 Å². The lowest BCUT2D eigenvalue weighted by Crippen LogP contribution is -2.31. The highest BCUT2D eigenvalue weighted by Gasteiger charge is 2.27. The van der Waals surface area contributed by atoms with E-state index in [1.165, 1.54) is 7.11 Å². The highest BCUT2D eigenvalue weighted by atomic mass is 16.5. The van der Waals surface area contributed by atoms with E-state index in [1.807, 2.05) is 6.08 Å². The predicted octanol–water partition coefficient (Wildman–Crippen LogP) is 1.44. The summed E-state index contributed by atoms with van der Waals surface area (Å²) in [6, 6.07) is 0. The molecule has 1 rings (SSSR count). The SMILES string of the molecule is COC(C(=O)O)C1CC=CCC1. The molecule has 0 amide bonds.